The predicted octanol–water partition coefficient (Wildman–Crippen LogP) is 1.75. The number of ether oxygens (including phenoxy) is 1. The van der Waals surface area contributed by atoms with Crippen molar-refractivity contribution in [2.45, 2.75) is 19.9 Å². The van der Waals surface area contributed by atoms with Crippen LogP contribution in [0, 0.1) is 10.1 Å². The first kappa shape index (κ1) is 19.1. The fourth-order valence-corrected chi connectivity index (χ4v) is 1.53. The normalized spacial score (nSPS) is 11.2. The molecule has 2 N–H and O–H groups in total. The molecule has 1 unspecified atom stereocenters. The van der Waals surface area contributed by atoms with Crippen LogP contribution in [0.2, 0.25) is 0 Å². The molecule has 8 heteroatoms. The lowest BCUT2D eigenvalue weighted by molar-refractivity contribution is -0.385. The van der Waals surface area contributed by atoms with Crippen LogP contribution in [0.5, 0.6) is 5.75 Å². The van der Waals surface area contributed by atoms with Crippen molar-refractivity contribution in [1.82, 2.24) is 10.6 Å². The third kappa shape index (κ3) is 5.57. The predicted molar refractivity (Wildman–Crippen MR) is 82.4 cm³/mol. The van der Waals surface area contributed by atoms with Crippen molar-refractivity contribution in [3.05, 3.63) is 33.9 Å². The number of hydrogen-bond donors (Lipinski definition) is 2. The average molecular weight is 318 g/mol. The minimum atomic E-state index is -0.558. The molecule has 0 saturated carbocycles. The second-order valence-electron chi connectivity index (χ2n) is 4.27. The number of nitrogens with one attached hydrogen (secondary N) is 2. The molecular formula is C13H20ClN3O4. The van der Waals surface area contributed by atoms with Crippen LogP contribution >= 0.6 is 12.4 Å². The molecule has 1 rings (SSSR count). The minimum Gasteiger partial charge on any atom is -0.487 e. The van der Waals surface area contributed by atoms with Gasteiger partial charge in [0.05, 0.1) is 11.5 Å². The van der Waals surface area contributed by atoms with Gasteiger partial charge in [0.1, 0.15) is 0 Å². The Hall–Kier alpha value is -1.86. The first-order chi connectivity index (χ1) is 9.49. The van der Waals surface area contributed by atoms with Crippen molar-refractivity contribution in [2.24, 2.45) is 0 Å². The molecule has 0 spiro atoms. The molecule has 1 aromatic carbocycles. The molecule has 0 saturated heterocycles. The van der Waals surface area contributed by atoms with E-state index in [0.717, 1.165) is 0 Å². The van der Waals surface area contributed by atoms with Crippen LogP contribution < -0.4 is 15.4 Å². The fourth-order valence-electron chi connectivity index (χ4n) is 1.53. The Balaban J connectivity index is 0.00000400. The quantitative estimate of drug-likeness (QED) is 0.590. The van der Waals surface area contributed by atoms with E-state index < -0.39 is 4.92 Å². The topological polar surface area (TPSA) is 93.5 Å². The molecule has 0 bridgehead atoms. The van der Waals surface area contributed by atoms with Crippen LogP contribution in [0.1, 0.15) is 24.2 Å². The SMILES string of the molecule is CCOc1ccc(C(=O)NCC(C)NC)cc1[N+](=O)[O-].Cl. The zero-order valence-electron chi connectivity index (χ0n) is 12.2. The minimum absolute atomic E-state index is 0. The van der Waals surface area contributed by atoms with Gasteiger partial charge in [0.15, 0.2) is 5.75 Å². The molecular weight excluding hydrogens is 298 g/mol. The van der Waals surface area contributed by atoms with E-state index >= 15 is 0 Å². The number of nitrogens with zero attached hydrogens (tertiary/aromatic N) is 1. The van der Waals surface area contributed by atoms with Gasteiger partial charge < -0.3 is 15.4 Å². The van der Waals surface area contributed by atoms with Gasteiger partial charge in [0.25, 0.3) is 5.91 Å². The van der Waals surface area contributed by atoms with Crippen LogP contribution in [0.4, 0.5) is 5.69 Å². The molecule has 0 aliphatic heterocycles. The van der Waals surface area contributed by atoms with Crippen molar-refractivity contribution < 1.29 is 14.5 Å². The second-order valence-corrected chi connectivity index (χ2v) is 4.27. The summed E-state index contributed by atoms with van der Waals surface area (Å²) >= 11 is 0. The molecule has 1 atom stereocenters. The van der Waals surface area contributed by atoms with Crippen LogP contribution in [-0.4, -0.2) is 37.1 Å². The van der Waals surface area contributed by atoms with Gasteiger partial charge in [-0.2, -0.15) is 0 Å². The number of hydrogen-bond acceptors (Lipinski definition) is 5. The highest BCUT2D eigenvalue weighted by Gasteiger charge is 2.18. The van der Waals surface area contributed by atoms with E-state index in [2.05, 4.69) is 10.6 Å². The number of carbonyl (C=O) groups is 1. The summed E-state index contributed by atoms with van der Waals surface area (Å²) in [5.74, 6) is -0.184. The van der Waals surface area contributed by atoms with Gasteiger partial charge in [-0.3, -0.25) is 14.9 Å². The zero-order valence-corrected chi connectivity index (χ0v) is 13.0. The van der Waals surface area contributed by atoms with Crippen LogP contribution in [0.25, 0.3) is 0 Å². The van der Waals surface area contributed by atoms with Gasteiger partial charge in [0, 0.05) is 24.2 Å². The summed E-state index contributed by atoms with van der Waals surface area (Å²) in [4.78, 5) is 22.3. The maximum absolute atomic E-state index is 11.9. The first-order valence-electron chi connectivity index (χ1n) is 6.36. The molecule has 0 heterocycles. The van der Waals surface area contributed by atoms with E-state index in [9.17, 15) is 14.9 Å². The Morgan fingerprint density at radius 2 is 2.14 bits per heavy atom. The molecule has 1 amide bonds. The number of benzene rings is 1. The summed E-state index contributed by atoms with van der Waals surface area (Å²) in [6, 6.07) is 4.30. The standard InChI is InChI=1S/C13H19N3O4.ClH/c1-4-20-12-6-5-10(7-11(12)16(18)19)13(17)15-8-9(2)14-3;/h5-7,9,14H,4,8H2,1-3H3,(H,15,17);1H. The van der Waals surface area contributed by atoms with Gasteiger partial charge in [-0.15, -0.1) is 12.4 Å². The van der Waals surface area contributed by atoms with Crippen molar-refractivity contribution in [3.63, 3.8) is 0 Å². The van der Waals surface area contributed by atoms with E-state index in [1.54, 1.807) is 14.0 Å². The van der Waals surface area contributed by atoms with Crippen molar-refractivity contribution >= 4 is 24.0 Å². The van der Waals surface area contributed by atoms with Gasteiger partial charge in [0.2, 0.25) is 0 Å². The molecule has 21 heavy (non-hydrogen) atoms. The Bertz CT molecular complexity index is 496. The van der Waals surface area contributed by atoms with Gasteiger partial charge in [-0.25, -0.2) is 0 Å². The molecule has 0 aromatic heterocycles. The fraction of sp³-hybridized carbons (Fsp3) is 0.462. The molecule has 118 valence electrons. The highest BCUT2D eigenvalue weighted by molar-refractivity contribution is 5.95. The number of likely N-dealkylation sites (N-methyl/N-ethyl adjacent to an activating group) is 1. The second kappa shape index (κ2) is 9.15. The summed E-state index contributed by atoms with van der Waals surface area (Å²) < 4.78 is 5.17. The molecule has 0 fully saturated rings. The van der Waals surface area contributed by atoms with Crippen LogP contribution in [0.3, 0.4) is 0 Å². The number of carbonyl (C=O) groups excluding carboxylic acids is 1. The summed E-state index contributed by atoms with van der Waals surface area (Å²) in [5.41, 5.74) is 0.0321. The Morgan fingerprint density at radius 1 is 1.48 bits per heavy atom. The summed E-state index contributed by atoms with van der Waals surface area (Å²) in [7, 11) is 1.79. The Labute approximate surface area is 129 Å². The zero-order chi connectivity index (χ0) is 15.1. The van der Waals surface area contributed by atoms with Gasteiger partial charge in [-0.05, 0) is 33.0 Å². The third-order valence-corrected chi connectivity index (χ3v) is 2.78. The average Bonchev–Trinajstić information content (AvgIpc) is 2.44. The largest absolute Gasteiger partial charge is 0.487 e. The van der Waals surface area contributed by atoms with Crippen molar-refractivity contribution in [3.8, 4) is 5.75 Å². The molecule has 0 radical (unpaired) electrons. The first-order valence-corrected chi connectivity index (χ1v) is 6.36. The monoisotopic (exact) mass is 317 g/mol. The lowest BCUT2D eigenvalue weighted by Gasteiger charge is -2.11. The maximum Gasteiger partial charge on any atom is 0.311 e. The van der Waals surface area contributed by atoms with Crippen molar-refractivity contribution in [2.75, 3.05) is 20.2 Å². The number of amides is 1. The Morgan fingerprint density at radius 3 is 2.67 bits per heavy atom. The van der Waals surface area contributed by atoms with Crippen LogP contribution in [0.15, 0.2) is 18.2 Å². The summed E-state index contributed by atoms with van der Waals surface area (Å²) in [6.07, 6.45) is 0. The highest BCUT2D eigenvalue weighted by Crippen LogP contribution is 2.27. The molecule has 7 nitrogen and oxygen atoms in total. The smallest absolute Gasteiger partial charge is 0.311 e. The molecule has 0 aliphatic carbocycles. The Kier molecular flexibility index (Phi) is 8.34. The van der Waals surface area contributed by atoms with E-state index in [0.29, 0.717) is 13.2 Å². The van der Waals surface area contributed by atoms with Crippen molar-refractivity contribution in [1.29, 1.82) is 0 Å². The number of nitro groups is 1. The van der Waals surface area contributed by atoms with E-state index in [1.165, 1.54) is 18.2 Å². The number of rotatable bonds is 7. The third-order valence-electron chi connectivity index (χ3n) is 2.78. The summed E-state index contributed by atoms with van der Waals surface area (Å²) in [5, 5.41) is 16.7. The maximum atomic E-state index is 11.9. The van der Waals surface area contributed by atoms with Crippen LogP contribution in [-0.2, 0) is 0 Å². The molecule has 0 aliphatic rings. The number of halogens is 1. The lowest BCUT2D eigenvalue weighted by atomic mass is 10.1. The van der Waals surface area contributed by atoms with Gasteiger partial charge in [-0.1, -0.05) is 0 Å². The number of nitro benzene ring substituents is 1. The summed E-state index contributed by atoms with van der Waals surface area (Å²) in [6.45, 7) is 4.42. The lowest BCUT2D eigenvalue weighted by Crippen LogP contribution is -2.37. The highest BCUT2D eigenvalue weighted by atomic mass is 35.5. The van der Waals surface area contributed by atoms with E-state index in [-0.39, 0.29) is 41.4 Å². The van der Waals surface area contributed by atoms with Gasteiger partial charge >= 0.3 is 5.69 Å². The van der Waals surface area contributed by atoms with E-state index in [1.807, 2.05) is 6.92 Å². The molecule has 1 aromatic rings. The van der Waals surface area contributed by atoms with E-state index in [4.69, 9.17) is 4.74 Å².